The predicted octanol–water partition coefficient (Wildman–Crippen LogP) is 0.413. The molecule has 0 radical (unpaired) electrons. The average Bonchev–Trinajstić information content (AvgIpc) is 2.12. The second kappa shape index (κ2) is 7.32. The number of carbonyl (C=O) groups excluding carboxylic acids is 1. The third-order valence-corrected chi connectivity index (χ3v) is 1.77. The van der Waals surface area contributed by atoms with E-state index in [-0.39, 0.29) is 19.6 Å². The molecule has 0 aromatic carbocycles. The number of hydrogen-bond donors (Lipinski definition) is 2. The third kappa shape index (κ3) is 4.81. The SMILES string of the molecule is CCOC(=O)C(CCCCO)C(=O)O. The van der Waals surface area contributed by atoms with Crippen LogP contribution in [0.2, 0.25) is 0 Å². The summed E-state index contributed by atoms with van der Waals surface area (Å²) in [6.07, 6.45) is 1.23. The van der Waals surface area contributed by atoms with Crippen molar-refractivity contribution in [2.75, 3.05) is 13.2 Å². The topological polar surface area (TPSA) is 83.8 Å². The quantitative estimate of drug-likeness (QED) is 0.356. The van der Waals surface area contributed by atoms with Crippen molar-refractivity contribution < 1.29 is 24.5 Å². The molecule has 5 heteroatoms. The van der Waals surface area contributed by atoms with Crippen LogP contribution in [0.25, 0.3) is 0 Å². The van der Waals surface area contributed by atoms with Gasteiger partial charge >= 0.3 is 11.9 Å². The van der Waals surface area contributed by atoms with Gasteiger partial charge in [0.05, 0.1) is 6.61 Å². The Bertz CT molecular complexity index is 190. The van der Waals surface area contributed by atoms with Gasteiger partial charge in [-0.3, -0.25) is 9.59 Å². The van der Waals surface area contributed by atoms with E-state index < -0.39 is 17.9 Å². The smallest absolute Gasteiger partial charge is 0.320 e. The molecule has 0 spiro atoms. The lowest BCUT2D eigenvalue weighted by atomic mass is 10.0. The number of rotatable bonds is 7. The maximum absolute atomic E-state index is 11.1. The Morgan fingerprint density at radius 3 is 2.43 bits per heavy atom. The molecule has 0 saturated heterocycles. The number of aliphatic hydroxyl groups excluding tert-OH is 1. The van der Waals surface area contributed by atoms with Crippen LogP contribution in [0.5, 0.6) is 0 Å². The molecule has 0 aromatic rings. The summed E-state index contributed by atoms with van der Waals surface area (Å²) in [5.41, 5.74) is 0. The van der Waals surface area contributed by atoms with Crippen molar-refractivity contribution in [1.29, 1.82) is 0 Å². The van der Waals surface area contributed by atoms with E-state index in [2.05, 4.69) is 4.74 Å². The monoisotopic (exact) mass is 204 g/mol. The zero-order chi connectivity index (χ0) is 11.0. The first-order valence-corrected chi connectivity index (χ1v) is 4.63. The number of aliphatic carboxylic acids is 1. The molecule has 0 bridgehead atoms. The summed E-state index contributed by atoms with van der Waals surface area (Å²) < 4.78 is 4.61. The molecule has 2 N–H and O–H groups in total. The largest absolute Gasteiger partial charge is 0.481 e. The molecule has 0 aromatic heterocycles. The van der Waals surface area contributed by atoms with Crippen molar-refractivity contribution >= 4 is 11.9 Å². The van der Waals surface area contributed by atoms with Gasteiger partial charge in [0.15, 0.2) is 5.92 Å². The highest BCUT2D eigenvalue weighted by Crippen LogP contribution is 2.10. The van der Waals surface area contributed by atoms with Crippen LogP contribution in [0, 0.1) is 5.92 Å². The Balaban J connectivity index is 4.01. The number of unbranched alkanes of at least 4 members (excludes halogenated alkanes) is 1. The van der Waals surface area contributed by atoms with E-state index in [1.807, 2.05) is 0 Å². The van der Waals surface area contributed by atoms with Crippen molar-refractivity contribution in [3.63, 3.8) is 0 Å². The summed E-state index contributed by atoms with van der Waals surface area (Å²) in [6.45, 7) is 1.82. The van der Waals surface area contributed by atoms with Crippen LogP contribution in [-0.4, -0.2) is 35.4 Å². The number of carbonyl (C=O) groups is 2. The lowest BCUT2D eigenvalue weighted by Gasteiger charge is -2.10. The fourth-order valence-corrected chi connectivity index (χ4v) is 1.05. The van der Waals surface area contributed by atoms with Gasteiger partial charge in [0, 0.05) is 6.61 Å². The highest BCUT2D eigenvalue weighted by molar-refractivity contribution is 5.93. The van der Waals surface area contributed by atoms with Crippen LogP contribution in [0.3, 0.4) is 0 Å². The lowest BCUT2D eigenvalue weighted by molar-refractivity contribution is -0.158. The van der Waals surface area contributed by atoms with Crippen molar-refractivity contribution in [3.05, 3.63) is 0 Å². The van der Waals surface area contributed by atoms with Gasteiger partial charge in [-0.2, -0.15) is 0 Å². The fraction of sp³-hybridized carbons (Fsp3) is 0.778. The molecule has 1 atom stereocenters. The van der Waals surface area contributed by atoms with Gasteiger partial charge in [0.25, 0.3) is 0 Å². The highest BCUT2D eigenvalue weighted by atomic mass is 16.5. The summed E-state index contributed by atoms with van der Waals surface area (Å²) >= 11 is 0. The maximum atomic E-state index is 11.1. The van der Waals surface area contributed by atoms with E-state index >= 15 is 0 Å². The summed E-state index contributed by atoms with van der Waals surface area (Å²) in [5.74, 6) is -2.96. The summed E-state index contributed by atoms with van der Waals surface area (Å²) in [5, 5.41) is 17.2. The fourth-order valence-electron chi connectivity index (χ4n) is 1.05. The zero-order valence-corrected chi connectivity index (χ0v) is 8.23. The molecule has 0 fully saturated rings. The van der Waals surface area contributed by atoms with Gasteiger partial charge in [0.1, 0.15) is 0 Å². The Hall–Kier alpha value is -1.10. The van der Waals surface area contributed by atoms with Crippen LogP contribution in [0.15, 0.2) is 0 Å². The van der Waals surface area contributed by atoms with Gasteiger partial charge in [-0.25, -0.2) is 0 Å². The van der Waals surface area contributed by atoms with Crippen LogP contribution in [0.4, 0.5) is 0 Å². The number of esters is 1. The minimum Gasteiger partial charge on any atom is -0.481 e. The minimum absolute atomic E-state index is 0.00909. The van der Waals surface area contributed by atoms with Crippen molar-refractivity contribution in [2.24, 2.45) is 5.92 Å². The van der Waals surface area contributed by atoms with E-state index in [1.165, 1.54) is 0 Å². The molecule has 14 heavy (non-hydrogen) atoms. The van der Waals surface area contributed by atoms with Gasteiger partial charge in [0.2, 0.25) is 0 Å². The number of carboxylic acids is 1. The second-order valence-electron chi connectivity index (χ2n) is 2.86. The van der Waals surface area contributed by atoms with E-state index in [1.54, 1.807) is 6.92 Å². The maximum Gasteiger partial charge on any atom is 0.320 e. The Morgan fingerprint density at radius 2 is 2.00 bits per heavy atom. The molecule has 1 unspecified atom stereocenters. The van der Waals surface area contributed by atoms with Crippen LogP contribution in [-0.2, 0) is 14.3 Å². The van der Waals surface area contributed by atoms with Crippen molar-refractivity contribution in [2.45, 2.75) is 26.2 Å². The molecule has 0 saturated carbocycles. The van der Waals surface area contributed by atoms with Crippen molar-refractivity contribution in [1.82, 2.24) is 0 Å². The first-order chi connectivity index (χ1) is 6.63. The number of hydrogen-bond acceptors (Lipinski definition) is 4. The molecule has 5 nitrogen and oxygen atoms in total. The lowest BCUT2D eigenvalue weighted by Crippen LogP contribution is -2.25. The summed E-state index contributed by atoms with van der Waals surface area (Å²) in [7, 11) is 0. The summed E-state index contributed by atoms with van der Waals surface area (Å²) in [4.78, 5) is 21.8. The Labute approximate surface area is 82.7 Å². The molecule has 0 heterocycles. The van der Waals surface area contributed by atoms with Gasteiger partial charge < -0.3 is 14.9 Å². The molecule has 0 aliphatic rings. The van der Waals surface area contributed by atoms with E-state index in [0.29, 0.717) is 12.8 Å². The molecule has 82 valence electrons. The molecule has 0 aliphatic heterocycles. The van der Waals surface area contributed by atoms with E-state index in [0.717, 1.165) is 0 Å². The van der Waals surface area contributed by atoms with Crippen LogP contribution in [0.1, 0.15) is 26.2 Å². The number of aliphatic hydroxyl groups is 1. The average molecular weight is 204 g/mol. The molecule has 0 aliphatic carbocycles. The van der Waals surface area contributed by atoms with Crippen LogP contribution >= 0.6 is 0 Å². The molecular formula is C9H16O5. The van der Waals surface area contributed by atoms with Gasteiger partial charge in [-0.1, -0.05) is 0 Å². The van der Waals surface area contributed by atoms with Gasteiger partial charge in [-0.15, -0.1) is 0 Å². The predicted molar refractivity (Wildman–Crippen MR) is 48.7 cm³/mol. The molecule has 0 amide bonds. The molecular weight excluding hydrogens is 188 g/mol. The Morgan fingerprint density at radius 1 is 1.36 bits per heavy atom. The first-order valence-electron chi connectivity index (χ1n) is 4.63. The van der Waals surface area contributed by atoms with Crippen molar-refractivity contribution in [3.8, 4) is 0 Å². The zero-order valence-electron chi connectivity index (χ0n) is 8.23. The highest BCUT2D eigenvalue weighted by Gasteiger charge is 2.26. The van der Waals surface area contributed by atoms with Crippen LogP contribution < -0.4 is 0 Å². The standard InChI is InChI=1S/C9H16O5/c1-2-14-9(13)7(8(11)12)5-3-4-6-10/h7,10H,2-6H2,1H3,(H,11,12). The first kappa shape index (κ1) is 12.9. The summed E-state index contributed by atoms with van der Waals surface area (Å²) in [6, 6.07) is 0. The normalized spacial score (nSPS) is 12.1. The second-order valence-corrected chi connectivity index (χ2v) is 2.86. The molecule has 0 rings (SSSR count). The number of carboxylic acid groups (broad SMARTS) is 1. The van der Waals surface area contributed by atoms with E-state index in [4.69, 9.17) is 10.2 Å². The van der Waals surface area contributed by atoms with Gasteiger partial charge in [-0.05, 0) is 26.2 Å². The minimum atomic E-state index is -1.17. The van der Waals surface area contributed by atoms with E-state index in [9.17, 15) is 9.59 Å². The Kier molecular flexibility index (Phi) is 6.74. The third-order valence-electron chi connectivity index (χ3n) is 1.77. The number of ether oxygens (including phenoxy) is 1.